The third-order valence-electron chi connectivity index (χ3n) is 4.89. The molecule has 0 radical (unpaired) electrons. The van der Waals surface area contributed by atoms with Crippen molar-refractivity contribution in [3.05, 3.63) is 29.8 Å². The number of ether oxygens (including phenoxy) is 1. The van der Waals surface area contributed by atoms with Crippen LogP contribution in [0.2, 0.25) is 0 Å². The molecule has 1 aromatic carbocycles. The van der Waals surface area contributed by atoms with Gasteiger partial charge in [0.1, 0.15) is 5.75 Å². The zero-order chi connectivity index (χ0) is 14.7. The second-order valence-electron chi connectivity index (χ2n) is 6.20. The van der Waals surface area contributed by atoms with E-state index < -0.39 is 0 Å². The predicted octanol–water partition coefficient (Wildman–Crippen LogP) is 2.61. The number of carbonyl (C=O) groups excluding carboxylic acids is 1. The maximum atomic E-state index is 12.5. The second kappa shape index (κ2) is 7.34. The summed E-state index contributed by atoms with van der Waals surface area (Å²) in [5.74, 6) is 1.19. The molecule has 1 amide bonds. The zero-order valence-corrected chi connectivity index (χ0v) is 13.9. The van der Waals surface area contributed by atoms with Gasteiger partial charge in [0, 0.05) is 6.54 Å². The lowest BCUT2D eigenvalue weighted by Crippen LogP contribution is -2.46. The van der Waals surface area contributed by atoms with Crippen LogP contribution in [0.4, 0.5) is 0 Å². The molecule has 1 saturated heterocycles. The highest BCUT2D eigenvalue weighted by atomic mass is 35.5. The van der Waals surface area contributed by atoms with E-state index in [9.17, 15) is 4.79 Å². The molecule has 2 N–H and O–H groups in total. The number of methoxy groups -OCH3 is 1. The van der Waals surface area contributed by atoms with Crippen molar-refractivity contribution in [1.29, 1.82) is 0 Å². The SMILES string of the molecule is COc1ccc(C2(NC(=O)C3CCNC3)CCCC2)cc1.Cl. The number of rotatable bonds is 4. The van der Waals surface area contributed by atoms with Crippen molar-refractivity contribution in [1.82, 2.24) is 10.6 Å². The predicted molar refractivity (Wildman–Crippen MR) is 89.5 cm³/mol. The highest BCUT2D eigenvalue weighted by Gasteiger charge is 2.38. The van der Waals surface area contributed by atoms with E-state index in [1.54, 1.807) is 7.11 Å². The molecule has 22 heavy (non-hydrogen) atoms. The van der Waals surface area contributed by atoms with Crippen LogP contribution in [0.5, 0.6) is 5.75 Å². The molecular weight excluding hydrogens is 300 g/mol. The summed E-state index contributed by atoms with van der Waals surface area (Å²) in [5.41, 5.74) is 1.03. The summed E-state index contributed by atoms with van der Waals surface area (Å²) in [5, 5.41) is 6.64. The number of hydrogen-bond acceptors (Lipinski definition) is 3. The lowest BCUT2D eigenvalue weighted by Gasteiger charge is -2.32. The van der Waals surface area contributed by atoms with Crippen LogP contribution in [0.25, 0.3) is 0 Å². The highest BCUT2D eigenvalue weighted by molar-refractivity contribution is 5.85. The number of hydrogen-bond donors (Lipinski definition) is 2. The minimum Gasteiger partial charge on any atom is -0.497 e. The zero-order valence-electron chi connectivity index (χ0n) is 13.1. The third kappa shape index (κ3) is 3.39. The molecule has 122 valence electrons. The molecule has 5 heteroatoms. The Kier molecular flexibility index (Phi) is 5.70. The van der Waals surface area contributed by atoms with Gasteiger partial charge in [-0.3, -0.25) is 4.79 Å². The molecule has 1 unspecified atom stereocenters. The van der Waals surface area contributed by atoms with Gasteiger partial charge in [0.15, 0.2) is 0 Å². The fraction of sp³-hybridized carbons (Fsp3) is 0.588. The molecule has 3 rings (SSSR count). The van der Waals surface area contributed by atoms with E-state index in [1.165, 1.54) is 18.4 Å². The Hall–Kier alpha value is -1.26. The first kappa shape index (κ1) is 17.1. The van der Waals surface area contributed by atoms with Crippen molar-refractivity contribution in [3.63, 3.8) is 0 Å². The number of halogens is 1. The summed E-state index contributed by atoms with van der Waals surface area (Å²) in [4.78, 5) is 12.5. The maximum Gasteiger partial charge on any atom is 0.225 e. The first-order valence-corrected chi connectivity index (χ1v) is 7.91. The van der Waals surface area contributed by atoms with Gasteiger partial charge in [0.25, 0.3) is 0 Å². The van der Waals surface area contributed by atoms with E-state index in [1.807, 2.05) is 12.1 Å². The lowest BCUT2D eigenvalue weighted by molar-refractivity contribution is -0.126. The van der Waals surface area contributed by atoms with Gasteiger partial charge in [-0.25, -0.2) is 0 Å². The molecular formula is C17H25ClN2O2. The number of carbonyl (C=O) groups is 1. The van der Waals surface area contributed by atoms with Crippen LogP contribution in [0.1, 0.15) is 37.7 Å². The molecule has 1 aliphatic carbocycles. The monoisotopic (exact) mass is 324 g/mol. The minimum absolute atomic E-state index is 0. The third-order valence-corrected chi connectivity index (χ3v) is 4.89. The van der Waals surface area contributed by atoms with E-state index >= 15 is 0 Å². The van der Waals surface area contributed by atoms with Crippen LogP contribution in [-0.4, -0.2) is 26.1 Å². The summed E-state index contributed by atoms with van der Waals surface area (Å²) < 4.78 is 5.23. The average Bonchev–Trinajstić information content (AvgIpc) is 3.19. The molecule has 1 aromatic rings. The lowest BCUT2D eigenvalue weighted by atomic mass is 9.87. The quantitative estimate of drug-likeness (QED) is 0.895. The fourth-order valence-corrected chi connectivity index (χ4v) is 3.59. The fourth-order valence-electron chi connectivity index (χ4n) is 3.59. The Balaban J connectivity index is 0.00000176. The van der Waals surface area contributed by atoms with Gasteiger partial charge in [-0.2, -0.15) is 0 Å². The standard InChI is InChI=1S/C17H24N2O2.ClH/c1-21-15-6-4-14(5-7-15)17(9-2-3-10-17)19-16(20)13-8-11-18-12-13;/h4-7,13,18H,2-3,8-12H2,1H3,(H,19,20);1H. The van der Waals surface area contributed by atoms with Crippen LogP contribution in [0.15, 0.2) is 24.3 Å². The summed E-state index contributed by atoms with van der Waals surface area (Å²) in [6.45, 7) is 1.76. The smallest absolute Gasteiger partial charge is 0.225 e. The van der Waals surface area contributed by atoms with E-state index in [4.69, 9.17) is 4.74 Å². The van der Waals surface area contributed by atoms with Gasteiger partial charge in [0.05, 0.1) is 18.6 Å². The summed E-state index contributed by atoms with van der Waals surface area (Å²) in [6, 6.07) is 8.16. The van der Waals surface area contributed by atoms with Crippen molar-refractivity contribution in [3.8, 4) is 5.75 Å². The van der Waals surface area contributed by atoms with Gasteiger partial charge >= 0.3 is 0 Å². The largest absolute Gasteiger partial charge is 0.497 e. The maximum absolute atomic E-state index is 12.5. The molecule has 1 heterocycles. The molecule has 0 aromatic heterocycles. The van der Waals surface area contributed by atoms with Crippen molar-refractivity contribution < 1.29 is 9.53 Å². The van der Waals surface area contributed by atoms with Crippen LogP contribution >= 0.6 is 12.4 Å². The van der Waals surface area contributed by atoms with Crippen LogP contribution in [0, 0.1) is 5.92 Å². The summed E-state index contributed by atoms with van der Waals surface area (Å²) >= 11 is 0. The molecule has 0 bridgehead atoms. The normalized spacial score (nSPS) is 22.9. The first-order chi connectivity index (χ1) is 10.2. The van der Waals surface area contributed by atoms with Gasteiger partial charge in [-0.15, -0.1) is 12.4 Å². The molecule has 1 atom stereocenters. The Morgan fingerprint density at radius 3 is 2.50 bits per heavy atom. The second-order valence-corrected chi connectivity index (χ2v) is 6.20. The number of amides is 1. The van der Waals surface area contributed by atoms with E-state index in [0.29, 0.717) is 0 Å². The van der Waals surface area contributed by atoms with Crippen molar-refractivity contribution in [2.24, 2.45) is 5.92 Å². The van der Waals surface area contributed by atoms with Crippen LogP contribution < -0.4 is 15.4 Å². The minimum atomic E-state index is -0.175. The van der Waals surface area contributed by atoms with E-state index in [-0.39, 0.29) is 29.8 Å². The summed E-state index contributed by atoms with van der Waals surface area (Å²) in [6.07, 6.45) is 5.37. The molecule has 1 saturated carbocycles. The van der Waals surface area contributed by atoms with Gasteiger partial charge in [-0.05, 0) is 43.5 Å². The molecule has 4 nitrogen and oxygen atoms in total. The number of benzene rings is 1. The highest BCUT2D eigenvalue weighted by Crippen LogP contribution is 2.39. The van der Waals surface area contributed by atoms with Crippen LogP contribution in [0.3, 0.4) is 0 Å². The molecule has 2 aliphatic rings. The molecule has 1 aliphatic heterocycles. The van der Waals surface area contributed by atoms with Crippen molar-refractivity contribution >= 4 is 18.3 Å². The van der Waals surface area contributed by atoms with Crippen molar-refractivity contribution in [2.75, 3.05) is 20.2 Å². The van der Waals surface area contributed by atoms with Crippen LogP contribution in [-0.2, 0) is 10.3 Å². The molecule has 2 fully saturated rings. The van der Waals surface area contributed by atoms with Crippen molar-refractivity contribution in [2.45, 2.75) is 37.6 Å². The Morgan fingerprint density at radius 1 is 1.27 bits per heavy atom. The number of nitrogens with one attached hydrogen (secondary N) is 2. The van der Waals surface area contributed by atoms with Gasteiger partial charge < -0.3 is 15.4 Å². The molecule has 0 spiro atoms. The summed E-state index contributed by atoms with van der Waals surface area (Å²) in [7, 11) is 1.68. The van der Waals surface area contributed by atoms with Gasteiger partial charge in [-0.1, -0.05) is 25.0 Å². The Bertz CT molecular complexity index is 492. The first-order valence-electron chi connectivity index (χ1n) is 7.91. The Labute approximate surface area is 138 Å². The van der Waals surface area contributed by atoms with E-state index in [2.05, 4.69) is 22.8 Å². The Morgan fingerprint density at radius 2 is 1.95 bits per heavy atom. The van der Waals surface area contributed by atoms with Gasteiger partial charge in [0.2, 0.25) is 5.91 Å². The van der Waals surface area contributed by atoms with E-state index in [0.717, 1.165) is 38.1 Å². The average molecular weight is 325 g/mol. The topological polar surface area (TPSA) is 50.4 Å².